The molecule has 7 unspecified atom stereocenters. The highest BCUT2D eigenvalue weighted by Crippen LogP contribution is 2.47. The molecule has 7 nitrogen and oxygen atoms in total. The van der Waals surface area contributed by atoms with E-state index in [1.165, 1.54) is 18.7 Å². The molecule has 210 valence electrons. The number of aliphatic imine (C=N–C) groups is 2. The van der Waals surface area contributed by atoms with Gasteiger partial charge in [0.1, 0.15) is 12.5 Å². The monoisotopic (exact) mass is 522 g/mol. The highest BCUT2D eigenvalue weighted by molar-refractivity contribution is 5.98. The van der Waals surface area contributed by atoms with E-state index in [1.54, 1.807) is 6.20 Å². The summed E-state index contributed by atoms with van der Waals surface area (Å²) >= 11 is 0. The molecule has 1 aromatic rings. The molecule has 4 fully saturated rings. The van der Waals surface area contributed by atoms with E-state index in [4.69, 9.17) is 4.99 Å². The van der Waals surface area contributed by atoms with Crippen LogP contribution in [0.2, 0.25) is 0 Å². The second-order valence-electron chi connectivity index (χ2n) is 12.1. The quantitative estimate of drug-likeness (QED) is 0.341. The van der Waals surface area contributed by atoms with Crippen LogP contribution >= 0.6 is 0 Å². The molecule has 0 spiro atoms. The molecular weight excluding hydrogens is 472 g/mol. The zero-order valence-electron chi connectivity index (χ0n) is 24.5. The Labute approximate surface area is 230 Å². The molecule has 3 N–H and O–H groups in total. The Kier molecular flexibility index (Phi) is 9.19. The summed E-state index contributed by atoms with van der Waals surface area (Å²) in [5, 5.41) is 18.3. The number of fused-ring (bicyclic) bond motifs is 4. The largest absolute Gasteiger partial charge is 0.390 e. The fourth-order valence-corrected chi connectivity index (χ4v) is 7.60. The summed E-state index contributed by atoms with van der Waals surface area (Å²) < 4.78 is 0. The first-order valence-electron chi connectivity index (χ1n) is 14.7. The van der Waals surface area contributed by atoms with Crippen LogP contribution in [-0.2, 0) is 0 Å². The molecule has 0 amide bonds. The summed E-state index contributed by atoms with van der Waals surface area (Å²) in [7, 11) is 2.24. The van der Waals surface area contributed by atoms with Crippen molar-refractivity contribution in [2.75, 3.05) is 37.0 Å². The lowest BCUT2D eigenvalue weighted by atomic mass is 9.60. The third-order valence-corrected chi connectivity index (χ3v) is 9.09. The van der Waals surface area contributed by atoms with Gasteiger partial charge in [-0.15, -0.1) is 0 Å². The van der Waals surface area contributed by atoms with Gasteiger partial charge in [-0.1, -0.05) is 27.7 Å². The Bertz CT molecular complexity index is 1000. The number of nitrogens with zero attached hydrogens (tertiary/aromatic N) is 4. The zero-order chi connectivity index (χ0) is 27.4. The number of likely N-dealkylation sites (tertiary alicyclic amines) is 1. The van der Waals surface area contributed by atoms with Gasteiger partial charge >= 0.3 is 0 Å². The van der Waals surface area contributed by atoms with Crippen LogP contribution in [0.1, 0.15) is 66.7 Å². The van der Waals surface area contributed by atoms with Crippen molar-refractivity contribution < 1.29 is 5.11 Å². The number of hydrogen-bond acceptors (Lipinski definition) is 6. The Balaban J connectivity index is 0.00000164. The van der Waals surface area contributed by atoms with E-state index in [2.05, 4.69) is 77.3 Å². The standard InChI is InChI=1S/C29H44N6O.C2H6/c1-19-10-22-14-29(36,12-19)13-20(2)27(22)33-28(21(3)15-30-4)32-18-31-23-6-8-24(9-7-23)35-17-25-11-26(35)16-34(25)5;1-2/h6-9,15,19-20,22,25-27,31,36H,4,10-14,16-18H2,1-3,5H3,(H,32,33);1-2H3/b21-15-;. The van der Waals surface area contributed by atoms with Crippen LogP contribution in [0.5, 0.6) is 0 Å². The molecule has 2 heterocycles. The van der Waals surface area contributed by atoms with Crippen molar-refractivity contribution >= 4 is 23.9 Å². The average molecular weight is 523 g/mol. The summed E-state index contributed by atoms with van der Waals surface area (Å²) in [6.45, 7) is 17.0. The van der Waals surface area contributed by atoms with Gasteiger partial charge in [-0.25, -0.2) is 4.99 Å². The molecule has 4 aliphatic rings. The maximum atomic E-state index is 11.1. The molecule has 4 bridgehead atoms. The SMILES string of the molecule is C=N/C=C(C)\C(=N/CNc1ccc(N2CC3CC2CN3C)cc1)NC1C(C)CC2(O)CC(C)CC1C2.CC. The van der Waals surface area contributed by atoms with Crippen molar-refractivity contribution in [2.45, 2.75) is 90.4 Å². The van der Waals surface area contributed by atoms with E-state index in [0.29, 0.717) is 42.5 Å². The molecule has 0 aromatic heterocycles. The summed E-state index contributed by atoms with van der Waals surface area (Å²) in [5.41, 5.74) is 2.87. The minimum absolute atomic E-state index is 0.300. The van der Waals surface area contributed by atoms with Gasteiger partial charge in [-0.3, -0.25) is 9.89 Å². The number of likely N-dealkylation sites (N-methyl/N-ethyl adjacent to an activating group) is 1. The maximum Gasteiger partial charge on any atom is 0.127 e. The van der Waals surface area contributed by atoms with Crippen molar-refractivity contribution in [3.05, 3.63) is 36.0 Å². The van der Waals surface area contributed by atoms with Gasteiger partial charge in [0.15, 0.2) is 0 Å². The Morgan fingerprint density at radius 2 is 1.84 bits per heavy atom. The van der Waals surface area contributed by atoms with Crippen molar-refractivity contribution in [2.24, 2.45) is 27.7 Å². The highest BCUT2D eigenvalue weighted by atomic mass is 16.3. The molecule has 2 saturated heterocycles. The van der Waals surface area contributed by atoms with Crippen LogP contribution in [-0.4, -0.2) is 73.1 Å². The van der Waals surface area contributed by atoms with Gasteiger partial charge in [0.05, 0.1) is 5.60 Å². The summed E-state index contributed by atoms with van der Waals surface area (Å²) in [5.74, 6) is 2.26. The Morgan fingerprint density at radius 3 is 2.47 bits per heavy atom. The number of rotatable bonds is 7. The molecule has 1 aromatic carbocycles. The molecule has 2 aliphatic carbocycles. The second-order valence-corrected chi connectivity index (χ2v) is 12.1. The van der Waals surface area contributed by atoms with Gasteiger partial charge in [-0.05, 0) is 94.8 Å². The molecule has 2 saturated carbocycles. The zero-order valence-corrected chi connectivity index (χ0v) is 24.5. The minimum atomic E-state index is -0.497. The number of amidine groups is 1. The van der Waals surface area contributed by atoms with Crippen LogP contribution in [0.15, 0.2) is 46.0 Å². The molecule has 2 aliphatic heterocycles. The maximum absolute atomic E-state index is 11.1. The molecular formula is C31H50N6O. The fraction of sp³-hybridized carbons (Fsp3) is 0.677. The van der Waals surface area contributed by atoms with Crippen LogP contribution in [0.25, 0.3) is 0 Å². The van der Waals surface area contributed by atoms with Gasteiger partial charge in [-0.2, -0.15) is 0 Å². The average Bonchev–Trinajstić information content (AvgIpc) is 3.46. The number of hydrogen-bond donors (Lipinski definition) is 3. The number of anilines is 2. The topological polar surface area (TPSA) is 75.5 Å². The summed E-state index contributed by atoms with van der Waals surface area (Å²) in [4.78, 5) is 13.9. The lowest BCUT2D eigenvalue weighted by Crippen LogP contribution is -2.56. The van der Waals surface area contributed by atoms with E-state index >= 15 is 0 Å². The molecule has 0 radical (unpaired) electrons. The molecule has 7 atom stereocenters. The predicted octanol–water partition coefficient (Wildman–Crippen LogP) is 5.14. The third-order valence-electron chi connectivity index (χ3n) is 9.09. The fourth-order valence-electron chi connectivity index (χ4n) is 7.60. The van der Waals surface area contributed by atoms with Crippen LogP contribution in [0, 0.1) is 17.8 Å². The van der Waals surface area contributed by atoms with Gasteiger partial charge in [0.2, 0.25) is 0 Å². The first kappa shape index (κ1) is 28.6. The first-order valence-corrected chi connectivity index (χ1v) is 14.7. The smallest absolute Gasteiger partial charge is 0.127 e. The van der Waals surface area contributed by atoms with E-state index in [9.17, 15) is 5.11 Å². The molecule has 38 heavy (non-hydrogen) atoms. The predicted molar refractivity (Wildman–Crippen MR) is 161 cm³/mol. The Hall–Kier alpha value is -2.38. The van der Waals surface area contributed by atoms with Gasteiger partial charge < -0.3 is 20.6 Å². The van der Waals surface area contributed by atoms with E-state index in [-0.39, 0.29) is 0 Å². The van der Waals surface area contributed by atoms with Crippen LogP contribution in [0.3, 0.4) is 0 Å². The number of benzene rings is 1. The number of aliphatic hydroxyl groups is 1. The number of nitrogens with one attached hydrogen (secondary N) is 2. The van der Waals surface area contributed by atoms with E-state index < -0.39 is 5.60 Å². The van der Waals surface area contributed by atoms with Crippen LogP contribution in [0.4, 0.5) is 11.4 Å². The third kappa shape index (κ3) is 6.26. The van der Waals surface area contributed by atoms with Gasteiger partial charge in [0.25, 0.3) is 0 Å². The normalized spacial score (nSPS) is 35.0. The second kappa shape index (κ2) is 12.2. The van der Waals surface area contributed by atoms with Crippen LogP contribution < -0.4 is 15.5 Å². The minimum Gasteiger partial charge on any atom is -0.390 e. The number of piperazine rings is 1. The first-order chi connectivity index (χ1) is 18.2. The van der Waals surface area contributed by atoms with Crippen molar-refractivity contribution in [1.29, 1.82) is 0 Å². The summed E-state index contributed by atoms with van der Waals surface area (Å²) in [6, 6.07) is 10.4. The van der Waals surface area contributed by atoms with Gasteiger partial charge in [0, 0.05) is 54.4 Å². The van der Waals surface area contributed by atoms with Crippen molar-refractivity contribution in [3.63, 3.8) is 0 Å². The van der Waals surface area contributed by atoms with Crippen molar-refractivity contribution in [1.82, 2.24) is 10.2 Å². The van der Waals surface area contributed by atoms with E-state index in [1.807, 2.05) is 20.8 Å². The summed E-state index contributed by atoms with van der Waals surface area (Å²) in [6.07, 6.45) is 6.87. The highest BCUT2D eigenvalue weighted by Gasteiger charge is 2.48. The lowest BCUT2D eigenvalue weighted by Gasteiger charge is -2.51. The molecule has 5 rings (SSSR count). The van der Waals surface area contributed by atoms with E-state index in [0.717, 1.165) is 49.3 Å². The van der Waals surface area contributed by atoms with Crippen molar-refractivity contribution in [3.8, 4) is 0 Å². The molecule has 7 heteroatoms. The Morgan fingerprint density at radius 1 is 1.11 bits per heavy atom. The lowest BCUT2D eigenvalue weighted by molar-refractivity contribution is -0.0904.